The average Bonchev–Trinajstić information content (AvgIpc) is 2.98. The number of fused-ring (bicyclic) bond motifs is 1. The Morgan fingerprint density at radius 2 is 1.85 bits per heavy atom. The van der Waals surface area contributed by atoms with Gasteiger partial charge in [0, 0.05) is 6.20 Å². The highest BCUT2D eigenvalue weighted by Gasteiger charge is 2.34. The number of nitrogens with one attached hydrogen (secondary N) is 1. The quantitative estimate of drug-likeness (QED) is 0.724. The predicted octanol–water partition coefficient (Wildman–Crippen LogP) is 2.71. The van der Waals surface area contributed by atoms with Crippen LogP contribution in [-0.4, -0.2) is 37.8 Å². The average molecular weight is 366 g/mol. The minimum absolute atomic E-state index is 0.171. The molecule has 3 aromatic rings. The Morgan fingerprint density at radius 1 is 1.15 bits per heavy atom. The number of benzene rings is 1. The van der Waals surface area contributed by atoms with Crippen LogP contribution in [0.15, 0.2) is 48.7 Å². The van der Waals surface area contributed by atoms with Crippen molar-refractivity contribution in [3.8, 4) is 0 Å². The minimum atomic E-state index is -1.08. The number of hydrogen-bond donors (Lipinski definition) is 2. The van der Waals surface area contributed by atoms with Gasteiger partial charge >= 0.3 is 5.97 Å². The zero-order valence-corrected chi connectivity index (χ0v) is 15.5. The van der Waals surface area contributed by atoms with Crippen LogP contribution in [0.4, 0.5) is 0 Å². The van der Waals surface area contributed by atoms with Gasteiger partial charge in [-0.15, -0.1) is 0 Å². The first-order valence-corrected chi connectivity index (χ1v) is 8.66. The number of rotatable bonds is 5. The molecule has 0 fully saturated rings. The van der Waals surface area contributed by atoms with Gasteiger partial charge in [-0.05, 0) is 23.1 Å². The van der Waals surface area contributed by atoms with Gasteiger partial charge in [0.05, 0.1) is 11.9 Å². The van der Waals surface area contributed by atoms with E-state index < -0.39 is 23.3 Å². The van der Waals surface area contributed by atoms with Crippen molar-refractivity contribution in [2.24, 2.45) is 5.41 Å². The molecule has 0 aliphatic carbocycles. The van der Waals surface area contributed by atoms with Crippen molar-refractivity contribution < 1.29 is 14.7 Å². The lowest BCUT2D eigenvalue weighted by Gasteiger charge is -2.27. The van der Waals surface area contributed by atoms with Crippen LogP contribution in [0.25, 0.3) is 11.0 Å². The number of carbonyl (C=O) groups excluding carboxylic acids is 1. The molecule has 7 nitrogen and oxygen atoms in total. The first kappa shape index (κ1) is 18.6. The van der Waals surface area contributed by atoms with Crippen molar-refractivity contribution >= 4 is 22.9 Å². The number of pyridine rings is 1. The third-order valence-corrected chi connectivity index (χ3v) is 4.29. The Labute approximate surface area is 157 Å². The lowest BCUT2D eigenvalue weighted by molar-refractivity contribution is -0.142. The van der Waals surface area contributed by atoms with Crippen LogP contribution >= 0.6 is 0 Å². The number of amides is 1. The second-order valence-electron chi connectivity index (χ2n) is 7.48. The molecule has 0 aliphatic heterocycles. The Hall–Kier alpha value is -3.22. The third-order valence-electron chi connectivity index (χ3n) is 4.29. The number of hydrogen-bond acceptors (Lipinski definition) is 4. The van der Waals surface area contributed by atoms with E-state index in [1.54, 1.807) is 43.8 Å². The highest BCUT2D eigenvalue weighted by Crippen LogP contribution is 2.22. The molecule has 27 heavy (non-hydrogen) atoms. The van der Waals surface area contributed by atoms with Gasteiger partial charge in [0.2, 0.25) is 0 Å². The van der Waals surface area contributed by atoms with E-state index in [4.69, 9.17) is 0 Å². The Kier molecular flexibility index (Phi) is 4.94. The second-order valence-corrected chi connectivity index (χ2v) is 7.48. The lowest BCUT2D eigenvalue weighted by Crippen LogP contribution is -2.49. The van der Waals surface area contributed by atoms with Gasteiger partial charge in [0.1, 0.15) is 6.04 Å². The molecule has 1 atom stereocenters. The SMILES string of the molecule is CC(C)(C)C(NC(=O)c1nn(Cc2ccccc2)c2ncccc12)C(=O)O. The van der Waals surface area contributed by atoms with Crippen LogP contribution in [0.1, 0.15) is 36.8 Å². The van der Waals surface area contributed by atoms with Crippen LogP contribution in [-0.2, 0) is 11.3 Å². The molecule has 1 unspecified atom stereocenters. The van der Waals surface area contributed by atoms with Crippen molar-refractivity contribution in [1.82, 2.24) is 20.1 Å². The minimum Gasteiger partial charge on any atom is -0.480 e. The van der Waals surface area contributed by atoms with Gasteiger partial charge in [-0.2, -0.15) is 5.10 Å². The highest BCUT2D eigenvalue weighted by atomic mass is 16.4. The number of aliphatic carboxylic acids is 1. The molecule has 0 aliphatic rings. The Morgan fingerprint density at radius 3 is 2.48 bits per heavy atom. The van der Waals surface area contributed by atoms with Crippen LogP contribution in [0.2, 0.25) is 0 Å². The fourth-order valence-corrected chi connectivity index (χ4v) is 2.89. The van der Waals surface area contributed by atoms with Gasteiger partial charge in [0.25, 0.3) is 5.91 Å². The molecule has 7 heteroatoms. The Balaban J connectivity index is 1.97. The topological polar surface area (TPSA) is 97.1 Å². The molecule has 2 heterocycles. The van der Waals surface area contributed by atoms with E-state index in [-0.39, 0.29) is 5.69 Å². The summed E-state index contributed by atoms with van der Waals surface area (Å²) in [6.07, 6.45) is 1.64. The fraction of sp³-hybridized carbons (Fsp3) is 0.300. The summed E-state index contributed by atoms with van der Waals surface area (Å²) in [7, 11) is 0. The second kappa shape index (κ2) is 7.19. The highest BCUT2D eigenvalue weighted by molar-refractivity contribution is 6.05. The summed E-state index contributed by atoms with van der Waals surface area (Å²) in [6.45, 7) is 5.75. The first-order chi connectivity index (χ1) is 12.8. The van der Waals surface area contributed by atoms with E-state index >= 15 is 0 Å². The molecule has 0 radical (unpaired) electrons. The van der Waals surface area contributed by atoms with Gasteiger partial charge in [0.15, 0.2) is 11.3 Å². The zero-order valence-electron chi connectivity index (χ0n) is 15.5. The van der Waals surface area contributed by atoms with Crippen LogP contribution < -0.4 is 5.32 Å². The van der Waals surface area contributed by atoms with Crippen LogP contribution in [0.3, 0.4) is 0 Å². The van der Waals surface area contributed by atoms with Gasteiger partial charge in [-0.25, -0.2) is 14.5 Å². The number of carboxylic acids is 1. The Bertz CT molecular complexity index is 974. The van der Waals surface area contributed by atoms with Crippen molar-refractivity contribution in [1.29, 1.82) is 0 Å². The van der Waals surface area contributed by atoms with E-state index in [0.717, 1.165) is 5.56 Å². The molecular weight excluding hydrogens is 344 g/mol. The molecule has 1 amide bonds. The molecule has 0 saturated heterocycles. The summed E-state index contributed by atoms with van der Waals surface area (Å²) in [5.74, 6) is -1.61. The van der Waals surface area contributed by atoms with E-state index in [0.29, 0.717) is 17.6 Å². The third kappa shape index (κ3) is 3.97. The fourth-order valence-electron chi connectivity index (χ4n) is 2.89. The zero-order chi connectivity index (χ0) is 19.6. The summed E-state index contributed by atoms with van der Waals surface area (Å²) in [4.78, 5) is 28.7. The lowest BCUT2D eigenvalue weighted by atomic mass is 9.86. The molecule has 0 saturated carbocycles. The van der Waals surface area contributed by atoms with Crippen molar-refractivity contribution in [3.05, 3.63) is 59.9 Å². The largest absolute Gasteiger partial charge is 0.480 e. The van der Waals surface area contributed by atoms with E-state index in [1.165, 1.54) is 0 Å². The summed E-state index contributed by atoms with van der Waals surface area (Å²) < 4.78 is 1.66. The number of carboxylic acid groups (broad SMARTS) is 1. The molecule has 1 aromatic carbocycles. The van der Waals surface area contributed by atoms with Crippen molar-refractivity contribution in [3.63, 3.8) is 0 Å². The summed E-state index contributed by atoms with van der Waals surface area (Å²) in [5, 5.41) is 17.1. The molecule has 2 aromatic heterocycles. The van der Waals surface area contributed by atoms with E-state index in [2.05, 4.69) is 15.4 Å². The molecule has 2 N–H and O–H groups in total. The van der Waals surface area contributed by atoms with Gasteiger partial charge in [-0.3, -0.25) is 4.79 Å². The number of nitrogens with zero attached hydrogens (tertiary/aromatic N) is 3. The maximum Gasteiger partial charge on any atom is 0.326 e. The number of carbonyl (C=O) groups is 2. The van der Waals surface area contributed by atoms with Gasteiger partial charge in [-0.1, -0.05) is 51.1 Å². The normalized spacial score (nSPS) is 12.7. The molecule has 140 valence electrons. The van der Waals surface area contributed by atoms with E-state index in [9.17, 15) is 14.7 Å². The first-order valence-electron chi connectivity index (χ1n) is 8.66. The van der Waals surface area contributed by atoms with E-state index in [1.807, 2.05) is 30.3 Å². The summed E-state index contributed by atoms with van der Waals surface area (Å²) >= 11 is 0. The predicted molar refractivity (Wildman–Crippen MR) is 101 cm³/mol. The molecule has 0 spiro atoms. The summed E-state index contributed by atoms with van der Waals surface area (Å²) in [6, 6.07) is 12.2. The molecular formula is C20H22N4O3. The van der Waals surface area contributed by atoms with Gasteiger partial charge < -0.3 is 10.4 Å². The standard InChI is InChI=1S/C20H22N4O3/c1-20(2,3)16(19(26)27)22-18(25)15-14-10-7-11-21-17(14)24(23-15)12-13-8-5-4-6-9-13/h4-11,16H,12H2,1-3H3,(H,22,25)(H,26,27). The molecule has 3 rings (SSSR count). The monoisotopic (exact) mass is 366 g/mol. The smallest absolute Gasteiger partial charge is 0.326 e. The van der Waals surface area contributed by atoms with Crippen molar-refractivity contribution in [2.75, 3.05) is 0 Å². The van der Waals surface area contributed by atoms with Crippen LogP contribution in [0, 0.1) is 5.41 Å². The maximum absolute atomic E-state index is 12.8. The maximum atomic E-state index is 12.8. The number of aromatic nitrogens is 3. The van der Waals surface area contributed by atoms with Crippen LogP contribution in [0.5, 0.6) is 0 Å². The molecule has 0 bridgehead atoms. The summed E-state index contributed by atoms with van der Waals surface area (Å²) in [5.41, 5.74) is 1.14. The van der Waals surface area contributed by atoms with Crippen molar-refractivity contribution in [2.45, 2.75) is 33.4 Å².